The number of hydrogen-bond donors (Lipinski definition) is 4. The molecule has 0 saturated carbocycles. The van der Waals surface area contributed by atoms with Gasteiger partial charge in [0.1, 0.15) is 17.6 Å². The highest BCUT2D eigenvalue weighted by Gasteiger charge is 2.31. The number of aromatic nitrogens is 2. The molecule has 2 atom stereocenters. The van der Waals surface area contributed by atoms with Gasteiger partial charge in [-0.05, 0) is 19.3 Å². The first-order chi connectivity index (χ1) is 18.7. The van der Waals surface area contributed by atoms with E-state index in [0.29, 0.717) is 36.7 Å². The van der Waals surface area contributed by atoms with Crippen molar-refractivity contribution in [1.82, 2.24) is 25.1 Å². The molecule has 2 saturated heterocycles. The van der Waals surface area contributed by atoms with Crippen LogP contribution < -0.4 is 10.2 Å². The average Bonchev–Trinajstić information content (AvgIpc) is 2.95. The van der Waals surface area contributed by atoms with E-state index in [9.17, 15) is 29.4 Å². The molecule has 0 spiro atoms. The third-order valence-electron chi connectivity index (χ3n) is 6.81. The highest BCUT2D eigenvalue weighted by Crippen LogP contribution is 2.23. The number of carboxylic acids is 1. The predicted molar refractivity (Wildman–Crippen MR) is 139 cm³/mol. The van der Waals surface area contributed by atoms with Crippen molar-refractivity contribution in [2.24, 2.45) is 0 Å². The number of aliphatic hydroxyl groups is 1. The van der Waals surface area contributed by atoms with Crippen molar-refractivity contribution in [2.75, 3.05) is 44.2 Å². The fourth-order valence-corrected chi connectivity index (χ4v) is 4.69. The molecule has 13 heteroatoms. The van der Waals surface area contributed by atoms with E-state index in [1.54, 1.807) is 0 Å². The molecule has 13 nitrogen and oxygen atoms in total. The first kappa shape index (κ1) is 27.8. The molecule has 208 valence electrons. The van der Waals surface area contributed by atoms with Crippen LogP contribution in [-0.4, -0.2) is 110 Å². The second kappa shape index (κ2) is 12.5. The van der Waals surface area contributed by atoms with Crippen LogP contribution in [0.5, 0.6) is 0 Å². The molecule has 2 aromatic rings. The molecule has 0 radical (unpaired) electrons. The van der Waals surface area contributed by atoms with Crippen LogP contribution in [0.2, 0.25) is 0 Å². The number of carbonyl (C=O) groups is 4. The lowest BCUT2D eigenvalue weighted by Crippen LogP contribution is -2.55. The number of nitrogens with zero attached hydrogens (tertiary/aromatic N) is 5. The van der Waals surface area contributed by atoms with Crippen LogP contribution in [0.4, 0.5) is 10.6 Å². The van der Waals surface area contributed by atoms with Gasteiger partial charge in [-0.1, -0.05) is 30.3 Å². The van der Waals surface area contributed by atoms with Crippen molar-refractivity contribution in [3.8, 4) is 11.4 Å². The van der Waals surface area contributed by atoms with E-state index in [0.717, 1.165) is 6.42 Å². The molecule has 2 unspecified atom stereocenters. The second-order valence-electron chi connectivity index (χ2n) is 9.60. The summed E-state index contributed by atoms with van der Waals surface area (Å²) in [4.78, 5) is 62.8. The Kier molecular flexibility index (Phi) is 8.92. The number of piperazine rings is 1. The molecule has 2 aliphatic rings. The van der Waals surface area contributed by atoms with E-state index in [2.05, 4.69) is 15.3 Å². The van der Waals surface area contributed by atoms with E-state index in [1.807, 2.05) is 35.2 Å². The van der Waals surface area contributed by atoms with Gasteiger partial charge in [0.2, 0.25) is 5.91 Å². The molecule has 39 heavy (non-hydrogen) atoms. The number of carbonyl (C=O) groups excluding carboxylic acids is 2. The Hall–Kier alpha value is -4.26. The third kappa shape index (κ3) is 7.19. The molecule has 1 aromatic carbocycles. The number of piperidine rings is 1. The number of anilines is 1. The summed E-state index contributed by atoms with van der Waals surface area (Å²) in [6, 6.07) is 9.46. The standard InChI is InChI=1S/C26H32N6O7/c33-18-7-4-10-32(16-18)21-15-20(27-23(29-21)17-5-2-1-3-6-17)24(36)28-19(8-9-22(34)35)25(37)30-11-13-31(14-12-30)26(38)39/h1-3,5-6,15,18-19,33H,4,7-14,16H2,(H,28,36)(H,34,35)(H,38,39). The molecule has 2 fully saturated rings. The number of amides is 3. The second-order valence-corrected chi connectivity index (χ2v) is 9.60. The summed E-state index contributed by atoms with van der Waals surface area (Å²) in [7, 11) is 0. The Morgan fingerprint density at radius 3 is 2.31 bits per heavy atom. The first-order valence-corrected chi connectivity index (χ1v) is 12.9. The number of aliphatic hydroxyl groups excluding tert-OH is 1. The first-order valence-electron chi connectivity index (χ1n) is 12.9. The lowest BCUT2D eigenvalue weighted by atomic mass is 10.1. The van der Waals surface area contributed by atoms with Crippen molar-refractivity contribution in [1.29, 1.82) is 0 Å². The number of aliphatic carboxylic acids is 1. The van der Waals surface area contributed by atoms with E-state index < -0.39 is 36.0 Å². The molecular weight excluding hydrogens is 508 g/mol. The molecule has 3 amide bonds. The van der Waals surface area contributed by atoms with Gasteiger partial charge < -0.3 is 35.3 Å². The Balaban J connectivity index is 1.58. The SMILES string of the molecule is O=C(O)CCC(NC(=O)c1cc(N2CCCC(O)C2)nc(-c2ccccc2)n1)C(=O)N1CCN(C(=O)O)CC1. The van der Waals surface area contributed by atoms with Crippen molar-refractivity contribution in [2.45, 2.75) is 37.8 Å². The Labute approximate surface area is 225 Å². The number of benzene rings is 1. The van der Waals surface area contributed by atoms with Gasteiger partial charge in [-0.2, -0.15) is 0 Å². The van der Waals surface area contributed by atoms with Gasteiger partial charge in [0, 0.05) is 57.3 Å². The molecule has 0 aliphatic carbocycles. The highest BCUT2D eigenvalue weighted by atomic mass is 16.4. The normalized spacial score (nSPS) is 18.4. The Bertz CT molecular complexity index is 1200. The predicted octanol–water partition coefficient (Wildman–Crippen LogP) is 0.890. The number of rotatable bonds is 8. The summed E-state index contributed by atoms with van der Waals surface area (Å²) < 4.78 is 0. The maximum absolute atomic E-state index is 13.4. The average molecular weight is 541 g/mol. The van der Waals surface area contributed by atoms with Crippen LogP contribution in [0.1, 0.15) is 36.2 Å². The van der Waals surface area contributed by atoms with Crippen molar-refractivity contribution in [3.05, 3.63) is 42.1 Å². The summed E-state index contributed by atoms with van der Waals surface area (Å²) in [6.45, 7) is 1.52. The zero-order valence-corrected chi connectivity index (χ0v) is 21.4. The molecular formula is C26H32N6O7. The van der Waals surface area contributed by atoms with Crippen molar-refractivity contribution >= 4 is 29.7 Å². The van der Waals surface area contributed by atoms with Crippen LogP contribution in [0.3, 0.4) is 0 Å². The van der Waals surface area contributed by atoms with Gasteiger partial charge in [0.05, 0.1) is 6.10 Å². The monoisotopic (exact) mass is 540 g/mol. The Morgan fingerprint density at radius 1 is 0.974 bits per heavy atom. The molecule has 1 aromatic heterocycles. The van der Waals surface area contributed by atoms with Crippen molar-refractivity contribution < 1.29 is 34.5 Å². The van der Waals surface area contributed by atoms with Gasteiger partial charge in [0.25, 0.3) is 5.91 Å². The minimum atomic E-state index is -1.14. The smallest absolute Gasteiger partial charge is 0.407 e. The van der Waals surface area contributed by atoms with E-state index in [4.69, 9.17) is 5.11 Å². The van der Waals surface area contributed by atoms with Gasteiger partial charge in [0.15, 0.2) is 5.82 Å². The quantitative estimate of drug-likeness (QED) is 0.376. The number of nitrogens with one attached hydrogen (secondary N) is 1. The highest BCUT2D eigenvalue weighted by molar-refractivity contribution is 5.97. The maximum atomic E-state index is 13.4. The maximum Gasteiger partial charge on any atom is 0.407 e. The molecule has 4 N–H and O–H groups in total. The van der Waals surface area contributed by atoms with E-state index >= 15 is 0 Å². The summed E-state index contributed by atoms with van der Waals surface area (Å²) >= 11 is 0. The summed E-state index contributed by atoms with van der Waals surface area (Å²) in [5.74, 6) is -1.49. The van der Waals surface area contributed by atoms with Gasteiger partial charge in [-0.25, -0.2) is 14.8 Å². The van der Waals surface area contributed by atoms with Crippen LogP contribution in [0.15, 0.2) is 36.4 Å². The molecule has 3 heterocycles. The van der Waals surface area contributed by atoms with Gasteiger partial charge in [-0.3, -0.25) is 14.4 Å². The number of hydrogen-bond acceptors (Lipinski definition) is 8. The van der Waals surface area contributed by atoms with E-state index in [1.165, 1.54) is 15.9 Å². The summed E-state index contributed by atoms with van der Waals surface area (Å²) in [5.41, 5.74) is 0.684. The van der Waals surface area contributed by atoms with Crippen LogP contribution in [0, 0.1) is 0 Å². The zero-order chi connectivity index (χ0) is 27.9. The lowest BCUT2D eigenvalue weighted by molar-refractivity contribution is -0.138. The largest absolute Gasteiger partial charge is 0.481 e. The minimum Gasteiger partial charge on any atom is -0.481 e. The molecule has 2 aliphatic heterocycles. The minimum absolute atomic E-state index is 0.00254. The molecule has 4 rings (SSSR count). The fourth-order valence-electron chi connectivity index (χ4n) is 4.69. The van der Waals surface area contributed by atoms with Crippen LogP contribution in [-0.2, 0) is 9.59 Å². The molecule has 0 bridgehead atoms. The lowest BCUT2D eigenvalue weighted by Gasteiger charge is -2.35. The fraction of sp³-hybridized carbons (Fsp3) is 0.462. The summed E-state index contributed by atoms with van der Waals surface area (Å²) in [5, 5.41) is 31.2. The number of carboxylic acid groups (broad SMARTS) is 2. The van der Waals surface area contributed by atoms with Crippen LogP contribution in [0.25, 0.3) is 11.4 Å². The van der Waals surface area contributed by atoms with Gasteiger partial charge >= 0.3 is 12.1 Å². The van der Waals surface area contributed by atoms with Crippen LogP contribution >= 0.6 is 0 Å². The van der Waals surface area contributed by atoms with Gasteiger partial charge in [-0.15, -0.1) is 0 Å². The van der Waals surface area contributed by atoms with Crippen molar-refractivity contribution in [3.63, 3.8) is 0 Å². The topological polar surface area (TPSA) is 176 Å². The number of β-amino-alcohol motifs (C(OH)–C–C–N with tert-alkyl or cyclic N) is 1. The zero-order valence-electron chi connectivity index (χ0n) is 21.4. The third-order valence-corrected chi connectivity index (χ3v) is 6.81. The Morgan fingerprint density at radius 2 is 1.67 bits per heavy atom. The van der Waals surface area contributed by atoms with E-state index in [-0.39, 0.29) is 44.7 Å². The summed E-state index contributed by atoms with van der Waals surface area (Å²) in [6.07, 6.45) is -0.649.